The Morgan fingerprint density at radius 3 is 1.49 bits per heavy atom. The molecule has 0 bridgehead atoms. The summed E-state index contributed by atoms with van der Waals surface area (Å²) in [6.45, 7) is 0. The van der Waals surface area contributed by atoms with Crippen LogP contribution in [0.1, 0.15) is 0 Å². The SMILES string of the molecule is c1ccc2c(c1)ccc1c2c2c3ccccc3ccc2n1-c1ccc(-c2ccc3oc4cc5cc6oc7ccccc7c6cc5cc4c3c2)cc1. The lowest BCUT2D eigenvalue weighted by Gasteiger charge is -2.10. The first-order chi connectivity index (χ1) is 25.2. The van der Waals surface area contributed by atoms with Gasteiger partial charge in [0.25, 0.3) is 0 Å². The fourth-order valence-corrected chi connectivity index (χ4v) is 8.55. The molecule has 3 nitrogen and oxygen atoms in total. The lowest BCUT2D eigenvalue weighted by molar-refractivity contribution is 0.668. The number of hydrogen-bond donors (Lipinski definition) is 0. The molecule has 3 heterocycles. The van der Waals surface area contributed by atoms with Crippen molar-refractivity contribution in [3.63, 3.8) is 0 Å². The topological polar surface area (TPSA) is 31.2 Å². The van der Waals surface area contributed by atoms with E-state index in [9.17, 15) is 0 Å². The summed E-state index contributed by atoms with van der Waals surface area (Å²) in [4.78, 5) is 0. The Balaban J connectivity index is 1.01. The summed E-state index contributed by atoms with van der Waals surface area (Å²) in [6.07, 6.45) is 0. The van der Waals surface area contributed by atoms with Crippen LogP contribution in [0.15, 0.2) is 173 Å². The zero-order valence-electron chi connectivity index (χ0n) is 27.4. The minimum absolute atomic E-state index is 0.881. The van der Waals surface area contributed by atoms with Gasteiger partial charge >= 0.3 is 0 Å². The molecule has 9 aromatic carbocycles. The van der Waals surface area contributed by atoms with Crippen molar-refractivity contribution in [2.75, 3.05) is 0 Å². The van der Waals surface area contributed by atoms with Crippen LogP contribution in [0, 0.1) is 0 Å². The number of furan rings is 2. The normalized spacial score (nSPS) is 12.3. The van der Waals surface area contributed by atoms with Gasteiger partial charge in [-0.15, -0.1) is 0 Å². The quantitative estimate of drug-likeness (QED) is 0.187. The number of fused-ring (bicyclic) bond motifs is 14. The van der Waals surface area contributed by atoms with E-state index in [0.717, 1.165) is 60.5 Å². The van der Waals surface area contributed by atoms with Gasteiger partial charge in [0.05, 0.1) is 11.0 Å². The fourth-order valence-electron chi connectivity index (χ4n) is 8.55. The van der Waals surface area contributed by atoms with Crippen molar-refractivity contribution in [2.24, 2.45) is 0 Å². The van der Waals surface area contributed by atoms with E-state index in [1.165, 1.54) is 54.3 Å². The number of hydrogen-bond acceptors (Lipinski definition) is 2. The van der Waals surface area contributed by atoms with E-state index in [0.29, 0.717) is 0 Å². The Morgan fingerprint density at radius 1 is 0.314 bits per heavy atom. The van der Waals surface area contributed by atoms with Crippen LogP contribution in [-0.4, -0.2) is 4.57 Å². The molecule has 0 aliphatic heterocycles. The Kier molecular flexibility index (Phi) is 5.23. The van der Waals surface area contributed by atoms with Gasteiger partial charge in [-0.05, 0) is 110 Å². The van der Waals surface area contributed by atoms with Gasteiger partial charge in [0, 0.05) is 38.0 Å². The second kappa shape index (κ2) is 9.87. The zero-order chi connectivity index (χ0) is 33.2. The van der Waals surface area contributed by atoms with E-state index in [2.05, 4.69) is 156 Å². The van der Waals surface area contributed by atoms with Gasteiger partial charge in [-0.2, -0.15) is 0 Å². The first-order valence-electron chi connectivity index (χ1n) is 17.4. The molecule has 0 unspecified atom stereocenters. The molecule has 0 fully saturated rings. The predicted octanol–water partition coefficient (Wildman–Crippen LogP) is 13.7. The second-order valence-corrected chi connectivity index (χ2v) is 13.7. The van der Waals surface area contributed by atoms with Crippen molar-refractivity contribution in [1.82, 2.24) is 4.57 Å². The molecule has 0 saturated heterocycles. The van der Waals surface area contributed by atoms with Crippen LogP contribution >= 0.6 is 0 Å². The lowest BCUT2D eigenvalue weighted by Crippen LogP contribution is -1.93. The highest BCUT2D eigenvalue weighted by Crippen LogP contribution is 2.42. The Labute approximate surface area is 291 Å². The first-order valence-corrected chi connectivity index (χ1v) is 17.4. The molecule has 0 atom stereocenters. The molecule has 0 radical (unpaired) electrons. The van der Waals surface area contributed by atoms with Gasteiger partial charge in [0.2, 0.25) is 0 Å². The standard InChI is InChI=1S/C48H27NO2/c1-3-9-35-29(7-1)15-20-41-47(35)48-36-10-4-2-8-30(36)16-21-42(48)49(41)34-18-13-28(14-19-34)31-17-22-44-39(23-31)40-25-32-24-38-37-11-5-6-12-43(37)50-45(38)26-33(32)27-46(40)51-44/h1-27H. The summed E-state index contributed by atoms with van der Waals surface area (Å²) in [5, 5.41) is 14.5. The smallest absolute Gasteiger partial charge is 0.136 e. The maximum Gasteiger partial charge on any atom is 0.136 e. The summed E-state index contributed by atoms with van der Waals surface area (Å²) in [5.74, 6) is 0. The number of rotatable bonds is 2. The largest absolute Gasteiger partial charge is 0.456 e. The molecular formula is C48H27NO2. The monoisotopic (exact) mass is 649 g/mol. The number of benzene rings is 9. The molecule has 0 aliphatic rings. The zero-order valence-corrected chi connectivity index (χ0v) is 27.4. The summed E-state index contributed by atoms with van der Waals surface area (Å²) < 4.78 is 15.0. The highest BCUT2D eigenvalue weighted by molar-refractivity contribution is 6.28. The highest BCUT2D eigenvalue weighted by atomic mass is 16.3. The molecule has 51 heavy (non-hydrogen) atoms. The van der Waals surface area contributed by atoms with Crippen LogP contribution in [0.25, 0.3) is 115 Å². The van der Waals surface area contributed by atoms with Gasteiger partial charge < -0.3 is 13.4 Å². The maximum absolute atomic E-state index is 6.40. The van der Waals surface area contributed by atoms with Gasteiger partial charge in [-0.3, -0.25) is 0 Å². The van der Waals surface area contributed by atoms with Crippen molar-refractivity contribution >= 4 is 98.0 Å². The van der Waals surface area contributed by atoms with Gasteiger partial charge in [-0.1, -0.05) is 97.1 Å². The van der Waals surface area contributed by atoms with E-state index >= 15 is 0 Å². The van der Waals surface area contributed by atoms with E-state index in [-0.39, 0.29) is 0 Å². The molecule has 3 heteroatoms. The van der Waals surface area contributed by atoms with Gasteiger partial charge in [0.1, 0.15) is 22.3 Å². The minimum atomic E-state index is 0.881. The molecule has 12 aromatic rings. The van der Waals surface area contributed by atoms with Gasteiger partial charge in [0.15, 0.2) is 0 Å². The summed E-state index contributed by atoms with van der Waals surface area (Å²) >= 11 is 0. The lowest BCUT2D eigenvalue weighted by atomic mass is 10.00. The first kappa shape index (κ1) is 27.0. The van der Waals surface area contributed by atoms with Crippen molar-refractivity contribution in [2.45, 2.75) is 0 Å². The summed E-state index contributed by atoms with van der Waals surface area (Å²) in [7, 11) is 0. The van der Waals surface area contributed by atoms with Crippen LogP contribution in [0.3, 0.4) is 0 Å². The Morgan fingerprint density at radius 2 is 0.824 bits per heavy atom. The average molecular weight is 650 g/mol. The van der Waals surface area contributed by atoms with Crippen LogP contribution < -0.4 is 0 Å². The third kappa shape index (κ3) is 3.78. The predicted molar refractivity (Wildman–Crippen MR) is 213 cm³/mol. The molecular weight excluding hydrogens is 623 g/mol. The average Bonchev–Trinajstić information content (AvgIpc) is 3.85. The maximum atomic E-state index is 6.40. The van der Waals surface area contributed by atoms with Crippen LogP contribution in [0.2, 0.25) is 0 Å². The van der Waals surface area contributed by atoms with E-state index in [1.807, 2.05) is 12.1 Å². The molecule has 0 saturated carbocycles. The molecule has 0 aliphatic carbocycles. The molecule has 12 rings (SSSR count). The Bertz CT molecular complexity index is 3320. The molecule has 0 amide bonds. The van der Waals surface area contributed by atoms with Crippen molar-refractivity contribution < 1.29 is 8.83 Å². The van der Waals surface area contributed by atoms with Crippen molar-refractivity contribution in [3.8, 4) is 16.8 Å². The summed E-state index contributed by atoms with van der Waals surface area (Å²) in [5.41, 5.74) is 9.47. The summed E-state index contributed by atoms with van der Waals surface area (Å²) in [6, 6.07) is 59.1. The highest BCUT2D eigenvalue weighted by Gasteiger charge is 2.18. The minimum Gasteiger partial charge on any atom is -0.456 e. The number of para-hydroxylation sites is 1. The van der Waals surface area contributed by atoms with E-state index < -0.39 is 0 Å². The molecule has 0 spiro atoms. The van der Waals surface area contributed by atoms with E-state index in [1.54, 1.807) is 0 Å². The van der Waals surface area contributed by atoms with Crippen LogP contribution in [-0.2, 0) is 0 Å². The third-order valence-corrected chi connectivity index (χ3v) is 10.9. The van der Waals surface area contributed by atoms with Crippen molar-refractivity contribution in [1.29, 1.82) is 0 Å². The molecule has 3 aromatic heterocycles. The number of aromatic nitrogens is 1. The van der Waals surface area contributed by atoms with Gasteiger partial charge in [-0.25, -0.2) is 0 Å². The Hall–Kier alpha value is -6.84. The van der Waals surface area contributed by atoms with E-state index in [4.69, 9.17) is 8.83 Å². The second-order valence-electron chi connectivity index (χ2n) is 13.7. The molecule has 0 N–H and O–H groups in total. The third-order valence-electron chi connectivity index (χ3n) is 10.9. The number of nitrogens with zero attached hydrogens (tertiary/aromatic N) is 1. The molecule has 236 valence electrons. The fraction of sp³-hybridized carbons (Fsp3) is 0. The van der Waals surface area contributed by atoms with Crippen LogP contribution in [0.5, 0.6) is 0 Å². The van der Waals surface area contributed by atoms with Crippen LogP contribution in [0.4, 0.5) is 0 Å². The van der Waals surface area contributed by atoms with Crippen molar-refractivity contribution in [3.05, 3.63) is 164 Å².